The molecule has 0 saturated carbocycles. The van der Waals surface area contributed by atoms with Gasteiger partial charge in [-0.25, -0.2) is 4.39 Å². The average molecular weight is 154 g/mol. The lowest BCUT2D eigenvalue weighted by atomic mass is 10.2. The molecule has 2 heteroatoms. The monoisotopic (exact) mass is 154 g/mol. The van der Waals surface area contributed by atoms with Crippen LogP contribution in [0.25, 0.3) is 0 Å². The molecule has 0 aromatic heterocycles. The van der Waals surface area contributed by atoms with Crippen LogP contribution in [0.3, 0.4) is 0 Å². The Morgan fingerprint density at radius 1 is 1.55 bits per heavy atom. The van der Waals surface area contributed by atoms with Crippen molar-refractivity contribution in [2.45, 2.75) is 13.3 Å². The maximum Gasteiger partial charge on any atom is 0.126 e. The molecule has 0 fully saturated rings. The Morgan fingerprint density at radius 3 is 2.91 bits per heavy atom. The Morgan fingerprint density at radius 2 is 2.27 bits per heavy atom. The van der Waals surface area contributed by atoms with Crippen LogP contribution >= 0.6 is 0 Å². The normalized spacial score (nSPS) is 17.9. The van der Waals surface area contributed by atoms with Gasteiger partial charge >= 0.3 is 0 Å². The first-order valence-corrected chi connectivity index (χ1v) is 3.51. The van der Waals surface area contributed by atoms with E-state index in [-0.39, 0.29) is 5.83 Å². The molecule has 0 amide bonds. The van der Waals surface area contributed by atoms with Gasteiger partial charge in [-0.2, -0.15) is 0 Å². The van der Waals surface area contributed by atoms with Crippen LogP contribution in [-0.2, 0) is 4.74 Å². The average Bonchev–Trinajstić information content (AvgIpc) is 2.13. The summed E-state index contributed by atoms with van der Waals surface area (Å²) >= 11 is 0. The highest BCUT2D eigenvalue weighted by Gasteiger charge is 2.03. The summed E-state index contributed by atoms with van der Waals surface area (Å²) in [6.45, 7) is 1.93. The van der Waals surface area contributed by atoms with Gasteiger partial charge in [0.25, 0.3) is 0 Å². The number of allylic oxidation sites excluding steroid dienone is 5. The van der Waals surface area contributed by atoms with Crippen molar-refractivity contribution in [3.05, 3.63) is 35.4 Å². The van der Waals surface area contributed by atoms with Crippen molar-refractivity contribution in [1.82, 2.24) is 0 Å². The highest BCUT2D eigenvalue weighted by molar-refractivity contribution is 5.30. The fraction of sp³-hybridized carbons (Fsp3) is 0.333. The summed E-state index contributed by atoms with van der Waals surface area (Å²) in [4.78, 5) is 0. The van der Waals surface area contributed by atoms with E-state index < -0.39 is 0 Å². The number of ether oxygens (including phenoxy) is 1. The summed E-state index contributed by atoms with van der Waals surface area (Å²) < 4.78 is 17.7. The molecule has 0 radical (unpaired) electrons. The van der Waals surface area contributed by atoms with E-state index in [1.54, 1.807) is 13.2 Å². The van der Waals surface area contributed by atoms with Gasteiger partial charge in [0.2, 0.25) is 0 Å². The summed E-state index contributed by atoms with van der Waals surface area (Å²) in [5.74, 6) is 0.381. The molecule has 60 valence electrons. The smallest absolute Gasteiger partial charge is 0.126 e. The van der Waals surface area contributed by atoms with Crippen molar-refractivity contribution in [1.29, 1.82) is 0 Å². The largest absolute Gasteiger partial charge is 0.497 e. The third-order valence-corrected chi connectivity index (χ3v) is 1.61. The van der Waals surface area contributed by atoms with Crippen LogP contribution in [0.2, 0.25) is 0 Å². The summed E-state index contributed by atoms with van der Waals surface area (Å²) in [5, 5.41) is 0. The summed E-state index contributed by atoms with van der Waals surface area (Å²) in [5.41, 5.74) is 1.05. The van der Waals surface area contributed by atoms with Crippen molar-refractivity contribution in [2.75, 3.05) is 7.11 Å². The second-order valence-electron chi connectivity index (χ2n) is 2.48. The van der Waals surface area contributed by atoms with Gasteiger partial charge in [-0.15, -0.1) is 0 Å². The first-order chi connectivity index (χ1) is 5.24. The standard InChI is InChI=1S/C9H11FO/c1-7-4-3-5-8(10)6-9(7)11-2/h3,5-6H,4H2,1-2H3. The maximum absolute atomic E-state index is 12.7. The third kappa shape index (κ3) is 1.93. The summed E-state index contributed by atoms with van der Waals surface area (Å²) in [7, 11) is 1.55. The van der Waals surface area contributed by atoms with Gasteiger partial charge in [-0.1, -0.05) is 6.08 Å². The predicted octanol–water partition coefficient (Wildman–Crippen LogP) is 2.72. The van der Waals surface area contributed by atoms with Crippen molar-refractivity contribution < 1.29 is 9.13 Å². The van der Waals surface area contributed by atoms with Crippen molar-refractivity contribution in [2.24, 2.45) is 0 Å². The Bertz CT molecular complexity index is 236. The zero-order valence-electron chi connectivity index (χ0n) is 6.73. The van der Waals surface area contributed by atoms with Crippen LogP contribution in [0.15, 0.2) is 35.4 Å². The predicted molar refractivity (Wildman–Crippen MR) is 42.7 cm³/mol. The van der Waals surface area contributed by atoms with Crippen LogP contribution in [-0.4, -0.2) is 7.11 Å². The first-order valence-electron chi connectivity index (χ1n) is 3.51. The number of methoxy groups -OCH3 is 1. The maximum atomic E-state index is 12.7. The lowest BCUT2D eigenvalue weighted by molar-refractivity contribution is 0.300. The fourth-order valence-corrected chi connectivity index (χ4v) is 0.979. The molecule has 0 aliphatic heterocycles. The Labute approximate surface area is 65.9 Å². The Balaban J connectivity index is 2.95. The zero-order valence-corrected chi connectivity index (χ0v) is 6.73. The minimum Gasteiger partial charge on any atom is -0.497 e. The molecular weight excluding hydrogens is 143 g/mol. The molecule has 1 nitrogen and oxygen atoms in total. The molecule has 0 bridgehead atoms. The third-order valence-electron chi connectivity index (χ3n) is 1.61. The van der Waals surface area contributed by atoms with Crippen molar-refractivity contribution >= 4 is 0 Å². The van der Waals surface area contributed by atoms with Gasteiger partial charge in [0.1, 0.15) is 11.6 Å². The molecule has 1 aliphatic carbocycles. The topological polar surface area (TPSA) is 9.23 Å². The van der Waals surface area contributed by atoms with Gasteiger partial charge in [-0.3, -0.25) is 0 Å². The van der Waals surface area contributed by atoms with Crippen LogP contribution in [0.4, 0.5) is 4.39 Å². The Hall–Kier alpha value is -1.05. The Kier molecular flexibility index (Phi) is 2.47. The van der Waals surface area contributed by atoms with E-state index in [2.05, 4.69) is 0 Å². The van der Waals surface area contributed by atoms with Gasteiger partial charge in [-0.05, 0) is 25.0 Å². The number of hydrogen-bond donors (Lipinski definition) is 0. The first kappa shape index (κ1) is 8.05. The SMILES string of the molecule is COC1=C(C)CC=CC(F)=C1. The number of hydrogen-bond acceptors (Lipinski definition) is 1. The zero-order chi connectivity index (χ0) is 8.27. The molecule has 0 aromatic carbocycles. The molecule has 1 rings (SSSR count). The summed E-state index contributed by atoms with van der Waals surface area (Å²) in [6.07, 6.45) is 5.40. The van der Waals surface area contributed by atoms with E-state index in [0.717, 1.165) is 12.0 Å². The van der Waals surface area contributed by atoms with Crippen molar-refractivity contribution in [3.63, 3.8) is 0 Å². The molecule has 0 atom stereocenters. The van der Waals surface area contributed by atoms with E-state index >= 15 is 0 Å². The highest BCUT2D eigenvalue weighted by atomic mass is 19.1. The van der Waals surface area contributed by atoms with E-state index in [1.165, 1.54) is 12.2 Å². The molecule has 1 aliphatic rings. The second kappa shape index (κ2) is 3.37. The quantitative estimate of drug-likeness (QED) is 0.564. The van der Waals surface area contributed by atoms with Gasteiger partial charge in [0, 0.05) is 6.08 Å². The molecule has 0 aromatic rings. The molecule has 0 unspecified atom stereocenters. The second-order valence-corrected chi connectivity index (χ2v) is 2.48. The lowest BCUT2D eigenvalue weighted by Gasteiger charge is -2.02. The van der Waals surface area contributed by atoms with Crippen LogP contribution in [0, 0.1) is 0 Å². The minimum absolute atomic E-state index is 0.251. The summed E-state index contributed by atoms with van der Waals surface area (Å²) in [6, 6.07) is 0. The molecule has 0 saturated heterocycles. The van der Waals surface area contributed by atoms with Gasteiger partial charge in [0.15, 0.2) is 0 Å². The van der Waals surface area contributed by atoms with Crippen LogP contribution in [0.1, 0.15) is 13.3 Å². The van der Waals surface area contributed by atoms with E-state index in [4.69, 9.17) is 4.74 Å². The highest BCUT2D eigenvalue weighted by Crippen LogP contribution is 2.18. The molecular formula is C9H11FO. The number of halogens is 1. The van der Waals surface area contributed by atoms with Gasteiger partial charge < -0.3 is 4.74 Å². The lowest BCUT2D eigenvalue weighted by Crippen LogP contribution is -1.86. The molecule has 0 heterocycles. The van der Waals surface area contributed by atoms with Crippen molar-refractivity contribution in [3.8, 4) is 0 Å². The number of rotatable bonds is 1. The molecule has 11 heavy (non-hydrogen) atoms. The van der Waals surface area contributed by atoms with Crippen LogP contribution < -0.4 is 0 Å². The van der Waals surface area contributed by atoms with Crippen LogP contribution in [0.5, 0.6) is 0 Å². The van der Waals surface area contributed by atoms with E-state index in [0.29, 0.717) is 5.76 Å². The van der Waals surface area contributed by atoms with E-state index in [1.807, 2.05) is 6.92 Å². The van der Waals surface area contributed by atoms with Gasteiger partial charge in [0.05, 0.1) is 7.11 Å². The fourth-order valence-electron chi connectivity index (χ4n) is 0.979. The molecule has 0 N–H and O–H groups in total. The minimum atomic E-state index is -0.251. The van der Waals surface area contributed by atoms with E-state index in [9.17, 15) is 4.39 Å². The molecule has 0 spiro atoms.